The van der Waals surface area contributed by atoms with Gasteiger partial charge in [-0.3, -0.25) is 0 Å². The summed E-state index contributed by atoms with van der Waals surface area (Å²) in [6.45, 7) is 3.99. The zero-order chi connectivity index (χ0) is 15.8. The Labute approximate surface area is 119 Å². The first-order chi connectivity index (χ1) is 9.66. The largest absolute Gasteiger partial charge is 0.478 e. The summed E-state index contributed by atoms with van der Waals surface area (Å²) in [5, 5.41) is 8.88. The lowest BCUT2D eigenvalue weighted by Gasteiger charge is -2.07. The molecule has 0 bridgehead atoms. The second-order valence-electron chi connectivity index (χ2n) is 5.06. The van der Waals surface area contributed by atoms with Gasteiger partial charge in [-0.2, -0.15) is 13.2 Å². The van der Waals surface area contributed by atoms with E-state index < -0.39 is 23.3 Å². The number of benzene rings is 1. The molecule has 1 heterocycles. The molecule has 0 unspecified atom stereocenters. The van der Waals surface area contributed by atoms with E-state index in [0.717, 1.165) is 29.1 Å². The number of aromatic nitrogens is 1. The van der Waals surface area contributed by atoms with E-state index in [1.807, 2.05) is 32.0 Å². The highest BCUT2D eigenvalue weighted by atomic mass is 19.4. The molecule has 1 aromatic heterocycles. The van der Waals surface area contributed by atoms with Crippen LogP contribution >= 0.6 is 0 Å². The first kappa shape index (κ1) is 15.2. The van der Waals surface area contributed by atoms with Crippen LogP contribution in [0.15, 0.2) is 30.6 Å². The molecule has 0 fully saturated rings. The van der Waals surface area contributed by atoms with Gasteiger partial charge < -0.3 is 9.67 Å². The zero-order valence-corrected chi connectivity index (χ0v) is 11.5. The maximum Gasteiger partial charge on any atom is 0.418 e. The Morgan fingerprint density at radius 3 is 2.14 bits per heavy atom. The summed E-state index contributed by atoms with van der Waals surface area (Å²) in [5.74, 6) is -1.58. The average Bonchev–Trinajstić information content (AvgIpc) is 2.71. The van der Waals surface area contributed by atoms with Crippen molar-refractivity contribution in [1.82, 2.24) is 4.57 Å². The van der Waals surface area contributed by atoms with E-state index in [9.17, 15) is 18.0 Å². The summed E-state index contributed by atoms with van der Waals surface area (Å²) >= 11 is 0. The number of aromatic carboxylic acids is 1. The maximum atomic E-state index is 12.8. The molecule has 0 aliphatic carbocycles. The summed E-state index contributed by atoms with van der Waals surface area (Å²) in [5.41, 5.74) is 0.984. The Bertz CT molecular complexity index is 666. The Morgan fingerprint density at radius 1 is 1.14 bits per heavy atom. The van der Waals surface area contributed by atoms with E-state index >= 15 is 0 Å². The minimum atomic E-state index is -4.68. The molecule has 1 aromatic carbocycles. The maximum absolute atomic E-state index is 12.8. The highest BCUT2D eigenvalue weighted by Gasteiger charge is 2.36. The number of hydrogen-bond acceptors (Lipinski definition) is 1. The third kappa shape index (κ3) is 3.45. The summed E-state index contributed by atoms with van der Waals surface area (Å²) in [7, 11) is 0. The topological polar surface area (TPSA) is 42.2 Å². The SMILES string of the molecule is Cc1cc(C)cc(Cn2cc(C(=O)O)c(C(F)(F)F)c2)c1. The van der Waals surface area contributed by atoms with Crippen LogP contribution in [0.4, 0.5) is 13.2 Å². The van der Waals surface area contributed by atoms with Crippen molar-refractivity contribution in [2.45, 2.75) is 26.6 Å². The second kappa shape index (κ2) is 5.27. The molecule has 0 radical (unpaired) electrons. The Hall–Kier alpha value is -2.24. The van der Waals surface area contributed by atoms with Gasteiger partial charge in [-0.05, 0) is 19.4 Å². The van der Waals surface area contributed by atoms with Crippen molar-refractivity contribution in [2.24, 2.45) is 0 Å². The van der Waals surface area contributed by atoms with E-state index in [-0.39, 0.29) is 6.54 Å². The molecule has 0 aliphatic heterocycles. The highest BCUT2D eigenvalue weighted by Crippen LogP contribution is 2.33. The molecule has 0 spiro atoms. The number of carboxylic acid groups (broad SMARTS) is 1. The first-order valence-electron chi connectivity index (χ1n) is 6.24. The number of halogens is 3. The molecular weight excluding hydrogens is 283 g/mol. The minimum absolute atomic E-state index is 0.193. The number of carbonyl (C=O) groups is 1. The zero-order valence-electron chi connectivity index (χ0n) is 11.5. The van der Waals surface area contributed by atoms with Crippen molar-refractivity contribution in [3.05, 3.63) is 58.4 Å². The third-order valence-electron chi connectivity index (χ3n) is 3.06. The van der Waals surface area contributed by atoms with Crippen LogP contribution in [0.5, 0.6) is 0 Å². The molecule has 3 nitrogen and oxygen atoms in total. The number of aryl methyl sites for hydroxylation is 2. The Kier molecular flexibility index (Phi) is 3.80. The van der Waals surface area contributed by atoms with Gasteiger partial charge in [0.25, 0.3) is 0 Å². The molecule has 1 N–H and O–H groups in total. The van der Waals surface area contributed by atoms with Crippen LogP contribution in [0.1, 0.15) is 32.6 Å². The van der Waals surface area contributed by atoms with Crippen molar-refractivity contribution in [1.29, 1.82) is 0 Å². The van der Waals surface area contributed by atoms with Crippen molar-refractivity contribution in [3.63, 3.8) is 0 Å². The lowest BCUT2D eigenvalue weighted by atomic mass is 10.1. The molecule has 0 aliphatic rings. The van der Waals surface area contributed by atoms with Gasteiger partial charge in [-0.1, -0.05) is 29.3 Å². The van der Waals surface area contributed by atoms with Gasteiger partial charge in [-0.25, -0.2) is 4.79 Å². The van der Waals surface area contributed by atoms with Crippen LogP contribution in [0.3, 0.4) is 0 Å². The van der Waals surface area contributed by atoms with Crippen molar-refractivity contribution < 1.29 is 23.1 Å². The van der Waals surface area contributed by atoms with Gasteiger partial charge >= 0.3 is 12.1 Å². The fraction of sp³-hybridized carbons (Fsp3) is 0.267. The lowest BCUT2D eigenvalue weighted by molar-refractivity contribution is -0.138. The van der Waals surface area contributed by atoms with E-state index in [2.05, 4.69) is 0 Å². The molecule has 2 rings (SSSR count). The van der Waals surface area contributed by atoms with Crippen molar-refractivity contribution in [3.8, 4) is 0 Å². The second-order valence-corrected chi connectivity index (χ2v) is 5.06. The van der Waals surface area contributed by atoms with Gasteiger partial charge in [0.2, 0.25) is 0 Å². The summed E-state index contributed by atoms with van der Waals surface area (Å²) in [6, 6.07) is 5.68. The number of carboxylic acids is 1. The normalized spacial score (nSPS) is 11.7. The van der Waals surface area contributed by atoms with Crippen molar-refractivity contribution >= 4 is 5.97 Å². The predicted octanol–water partition coefficient (Wildman–Crippen LogP) is 3.87. The van der Waals surface area contributed by atoms with E-state index in [4.69, 9.17) is 5.11 Å². The summed E-state index contributed by atoms with van der Waals surface area (Å²) in [6.07, 6.45) is -2.83. The first-order valence-corrected chi connectivity index (χ1v) is 6.24. The molecule has 21 heavy (non-hydrogen) atoms. The van der Waals surface area contributed by atoms with Gasteiger partial charge in [0.05, 0.1) is 11.1 Å². The van der Waals surface area contributed by atoms with Crippen LogP contribution < -0.4 is 0 Å². The monoisotopic (exact) mass is 297 g/mol. The molecule has 112 valence electrons. The molecule has 0 saturated heterocycles. The lowest BCUT2D eigenvalue weighted by Crippen LogP contribution is -2.09. The van der Waals surface area contributed by atoms with Gasteiger partial charge in [0, 0.05) is 18.9 Å². The van der Waals surface area contributed by atoms with E-state index in [0.29, 0.717) is 0 Å². The third-order valence-corrected chi connectivity index (χ3v) is 3.06. The molecule has 0 amide bonds. The van der Waals surface area contributed by atoms with Gasteiger partial charge in [0.15, 0.2) is 0 Å². The molecule has 6 heteroatoms. The number of nitrogens with zero attached hydrogens (tertiary/aromatic N) is 1. The Balaban J connectivity index is 2.39. The fourth-order valence-electron chi connectivity index (χ4n) is 2.37. The van der Waals surface area contributed by atoms with Crippen molar-refractivity contribution in [2.75, 3.05) is 0 Å². The van der Waals surface area contributed by atoms with E-state index in [1.165, 1.54) is 4.57 Å². The van der Waals surface area contributed by atoms with Crippen LogP contribution in [-0.4, -0.2) is 15.6 Å². The summed E-state index contributed by atoms with van der Waals surface area (Å²) < 4.78 is 39.7. The molecule has 0 saturated carbocycles. The molecular formula is C15H14F3NO2. The fourth-order valence-corrected chi connectivity index (χ4v) is 2.37. The number of hydrogen-bond donors (Lipinski definition) is 1. The van der Waals surface area contributed by atoms with Crippen LogP contribution in [-0.2, 0) is 12.7 Å². The number of rotatable bonds is 3. The smallest absolute Gasteiger partial charge is 0.418 e. The van der Waals surface area contributed by atoms with E-state index in [1.54, 1.807) is 0 Å². The van der Waals surface area contributed by atoms with Gasteiger partial charge in [0.1, 0.15) is 0 Å². The summed E-state index contributed by atoms with van der Waals surface area (Å²) in [4.78, 5) is 10.9. The number of alkyl halides is 3. The minimum Gasteiger partial charge on any atom is -0.478 e. The van der Waals surface area contributed by atoms with Gasteiger partial charge in [-0.15, -0.1) is 0 Å². The predicted molar refractivity (Wildman–Crippen MR) is 71.4 cm³/mol. The molecule has 0 atom stereocenters. The highest BCUT2D eigenvalue weighted by molar-refractivity contribution is 5.89. The van der Waals surface area contributed by atoms with Crippen LogP contribution in [0, 0.1) is 13.8 Å². The standard InChI is InChI=1S/C15H14F3NO2/c1-9-3-10(2)5-11(4-9)6-19-7-12(14(20)21)13(8-19)15(16,17)18/h3-5,7-8H,6H2,1-2H3,(H,20,21). The van der Waals surface area contributed by atoms with Crippen LogP contribution in [0.25, 0.3) is 0 Å². The average molecular weight is 297 g/mol. The van der Waals surface area contributed by atoms with Crippen LogP contribution in [0.2, 0.25) is 0 Å². The molecule has 2 aromatic rings. The Morgan fingerprint density at radius 2 is 1.71 bits per heavy atom. The quantitative estimate of drug-likeness (QED) is 0.934.